The first-order valence-electron chi connectivity index (χ1n) is 5.26. The van der Waals surface area contributed by atoms with E-state index in [2.05, 4.69) is 4.74 Å². The first-order chi connectivity index (χ1) is 8.22. The third kappa shape index (κ3) is 9.46. The van der Waals surface area contributed by atoms with Crippen LogP contribution in [0.15, 0.2) is 11.8 Å². The largest absolute Gasteiger partial charge is 0.505 e. The van der Waals surface area contributed by atoms with Crippen LogP contribution in [0.2, 0.25) is 0 Å². The molecule has 7 heteroatoms. The number of carbonyl (C=O) groups excluding carboxylic acids is 1. The van der Waals surface area contributed by atoms with Gasteiger partial charge in [-0.3, -0.25) is 0 Å². The molecule has 0 spiro atoms. The lowest BCUT2D eigenvalue weighted by atomic mass is 10.2. The highest BCUT2D eigenvalue weighted by atomic mass is 17.2. The molecule has 0 saturated heterocycles. The summed E-state index contributed by atoms with van der Waals surface area (Å²) in [7, 11) is 0. The van der Waals surface area contributed by atoms with Gasteiger partial charge in [0, 0.05) is 0 Å². The van der Waals surface area contributed by atoms with Gasteiger partial charge in [-0.25, -0.2) is 9.59 Å². The zero-order chi connectivity index (χ0) is 14.2. The van der Waals surface area contributed by atoms with Gasteiger partial charge in [-0.2, -0.15) is 4.89 Å². The molecule has 0 unspecified atom stereocenters. The number of hydrogen-bond acceptors (Lipinski definition) is 6. The van der Waals surface area contributed by atoms with Crippen molar-refractivity contribution in [2.45, 2.75) is 33.3 Å². The first-order valence-corrected chi connectivity index (χ1v) is 5.26. The van der Waals surface area contributed by atoms with Crippen LogP contribution in [0.1, 0.15) is 27.7 Å². The van der Waals surface area contributed by atoms with E-state index in [-0.39, 0.29) is 18.8 Å². The molecule has 1 N–H and O–H groups in total. The van der Waals surface area contributed by atoms with Crippen LogP contribution in [0.5, 0.6) is 0 Å². The van der Waals surface area contributed by atoms with Crippen molar-refractivity contribution in [2.75, 3.05) is 13.2 Å². The van der Waals surface area contributed by atoms with E-state index in [9.17, 15) is 9.59 Å². The van der Waals surface area contributed by atoms with Crippen LogP contribution >= 0.6 is 0 Å². The topological polar surface area (TPSA) is 91.3 Å². The van der Waals surface area contributed by atoms with Gasteiger partial charge < -0.3 is 19.5 Å². The number of rotatable bonds is 6. The molecule has 104 valence electrons. The Bertz CT molecular complexity index is 314. The second kappa shape index (κ2) is 7.54. The van der Waals surface area contributed by atoms with Crippen molar-refractivity contribution in [1.29, 1.82) is 0 Å². The summed E-state index contributed by atoms with van der Waals surface area (Å²) in [6.45, 7) is 6.48. The molecule has 0 aromatic heterocycles. The van der Waals surface area contributed by atoms with Crippen molar-refractivity contribution < 1.29 is 33.9 Å². The second-order valence-corrected chi connectivity index (χ2v) is 4.34. The summed E-state index contributed by atoms with van der Waals surface area (Å²) in [4.78, 5) is 31.0. The van der Waals surface area contributed by atoms with Crippen molar-refractivity contribution in [3.63, 3.8) is 0 Å². The van der Waals surface area contributed by atoms with E-state index in [0.29, 0.717) is 0 Å². The number of ether oxygens (including phenoxy) is 2. The molecule has 0 bridgehead atoms. The Morgan fingerprint density at radius 3 is 2.22 bits per heavy atom. The predicted molar refractivity (Wildman–Crippen MR) is 60.6 cm³/mol. The van der Waals surface area contributed by atoms with Crippen molar-refractivity contribution >= 4 is 12.1 Å². The van der Waals surface area contributed by atoms with Crippen molar-refractivity contribution in [3.8, 4) is 0 Å². The summed E-state index contributed by atoms with van der Waals surface area (Å²) in [5.41, 5.74) is -0.301. The van der Waals surface area contributed by atoms with Crippen LogP contribution in [0, 0.1) is 0 Å². The Kier molecular flexibility index (Phi) is 6.81. The maximum atomic E-state index is 11.3. The molecule has 0 amide bonds. The van der Waals surface area contributed by atoms with Crippen molar-refractivity contribution in [2.24, 2.45) is 0 Å². The minimum absolute atomic E-state index is 0.156. The summed E-state index contributed by atoms with van der Waals surface area (Å²) >= 11 is 0. The van der Waals surface area contributed by atoms with Crippen LogP contribution in [0.25, 0.3) is 0 Å². The van der Waals surface area contributed by atoms with Gasteiger partial charge in [-0.1, -0.05) is 0 Å². The smallest absolute Gasteiger partial charge is 0.459 e. The average molecular weight is 262 g/mol. The molecule has 0 fully saturated rings. The monoisotopic (exact) mass is 262 g/mol. The van der Waals surface area contributed by atoms with E-state index in [1.165, 1.54) is 6.92 Å². The lowest BCUT2D eigenvalue weighted by Crippen LogP contribution is -2.18. The summed E-state index contributed by atoms with van der Waals surface area (Å²) in [5, 5.41) is 8.17. The lowest BCUT2D eigenvalue weighted by Gasteiger charge is -2.16. The fourth-order valence-electron chi connectivity index (χ4n) is 0.666. The SMILES string of the molecule is CC(=COOC(C)(C)C)C(=O)OCCOC(=O)O. The minimum Gasteiger partial charge on any atom is -0.459 e. The van der Waals surface area contributed by atoms with Gasteiger partial charge in [0.25, 0.3) is 0 Å². The zero-order valence-corrected chi connectivity index (χ0v) is 10.9. The van der Waals surface area contributed by atoms with Crippen LogP contribution < -0.4 is 0 Å². The molecule has 7 nitrogen and oxygen atoms in total. The van der Waals surface area contributed by atoms with Crippen molar-refractivity contribution in [1.82, 2.24) is 0 Å². The van der Waals surface area contributed by atoms with Gasteiger partial charge in [0.15, 0.2) is 0 Å². The van der Waals surface area contributed by atoms with Crippen LogP contribution in [-0.2, 0) is 24.0 Å². The fraction of sp³-hybridized carbons (Fsp3) is 0.636. The minimum atomic E-state index is -1.42. The molecule has 0 saturated carbocycles. The molecule has 0 aromatic rings. The third-order valence-electron chi connectivity index (χ3n) is 1.39. The van der Waals surface area contributed by atoms with Gasteiger partial charge in [-0.15, -0.1) is 0 Å². The Balaban J connectivity index is 3.88. The zero-order valence-electron chi connectivity index (χ0n) is 10.9. The summed E-state index contributed by atoms with van der Waals surface area (Å²) in [6.07, 6.45) is -0.300. The van der Waals surface area contributed by atoms with E-state index < -0.39 is 17.7 Å². The summed E-state index contributed by atoms with van der Waals surface area (Å²) in [5.74, 6) is -0.638. The van der Waals surface area contributed by atoms with Crippen LogP contribution in [0.4, 0.5) is 4.79 Å². The normalized spacial score (nSPS) is 11.9. The van der Waals surface area contributed by atoms with E-state index in [1.54, 1.807) is 20.8 Å². The highest BCUT2D eigenvalue weighted by Gasteiger charge is 2.12. The molecular weight excluding hydrogens is 244 g/mol. The molecule has 0 atom stereocenters. The van der Waals surface area contributed by atoms with Gasteiger partial charge in [0.05, 0.1) is 5.57 Å². The predicted octanol–water partition coefficient (Wildman–Crippen LogP) is 1.87. The average Bonchev–Trinajstić information content (AvgIpc) is 2.21. The van der Waals surface area contributed by atoms with Crippen LogP contribution in [0.3, 0.4) is 0 Å². The van der Waals surface area contributed by atoms with Gasteiger partial charge in [-0.05, 0) is 27.7 Å². The third-order valence-corrected chi connectivity index (χ3v) is 1.39. The van der Waals surface area contributed by atoms with E-state index in [4.69, 9.17) is 19.6 Å². The number of hydrogen-bond donors (Lipinski definition) is 1. The summed E-state index contributed by atoms with van der Waals surface area (Å²) in [6, 6.07) is 0. The molecular formula is C11H18O7. The molecule has 0 aromatic carbocycles. The van der Waals surface area contributed by atoms with E-state index in [1.807, 2.05) is 0 Å². The van der Waals surface area contributed by atoms with Gasteiger partial charge in [0.1, 0.15) is 25.1 Å². The van der Waals surface area contributed by atoms with Gasteiger partial charge in [0.2, 0.25) is 0 Å². The number of carbonyl (C=O) groups is 2. The summed E-state index contributed by atoms with van der Waals surface area (Å²) < 4.78 is 8.87. The van der Waals surface area contributed by atoms with E-state index in [0.717, 1.165) is 6.26 Å². The maximum absolute atomic E-state index is 11.3. The highest BCUT2D eigenvalue weighted by Crippen LogP contribution is 2.08. The Hall–Kier alpha value is -1.76. The van der Waals surface area contributed by atoms with Gasteiger partial charge >= 0.3 is 12.1 Å². The maximum Gasteiger partial charge on any atom is 0.505 e. The second-order valence-electron chi connectivity index (χ2n) is 4.34. The Labute approximate surface area is 105 Å². The number of carboxylic acid groups (broad SMARTS) is 1. The Morgan fingerprint density at radius 1 is 1.17 bits per heavy atom. The molecule has 0 aliphatic rings. The quantitative estimate of drug-likeness (QED) is 0.195. The molecule has 0 rings (SSSR count). The standard InChI is InChI=1S/C11H18O7/c1-8(7-17-18-11(2,3)4)9(12)15-5-6-16-10(13)14/h7H,5-6H2,1-4H3,(H,13,14). The lowest BCUT2D eigenvalue weighted by molar-refractivity contribution is -0.310. The molecule has 0 aliphatic heterocycles. The van der Waals surface area contributed by atoms with Crippen LogP contribution in [-0.4, -0.2) is 36.0 Å². The fourth-order valence-corrected chi connectivity index (χ4v) is 0.666. The van der Waals surface area contributed by atoms with E-state index >= 15 is 0 Å². The van der Waals surface area contributed by atoms with Crippen molar-refractivity contribution in [3.05, 3.63) is 11.8 Å². The molecule has 18 heavy (non-hydrogen) atoms. The molecule has 0 aliphatic carbocycles. The number of esters is 1. The molecule has 0 radical (unpaired) electrons. The molecule has 0 heterocycles. The first kappa shape index (κ1) is 16.2. The Morgan fingerprint density at radius 2 is 1.72 bits per heavy atom. The highest BCUT2D eigenvalue weighted by molar-refractivity contribution is 5.87.